The minimum atomic E-state index is -0.213. The molecule has 3 nitrogen and oxygen atoms in total. The van der Waals surface area contributed by atoms with Crippen LogP contribution in [0.4, 0.5) is 4.39 Å². The minimum Gasteiger partial charge on any atom is -0.395 e. The van der Waals surface area contributed by atoms with E-state index in [2.05, 4.69) is 10.3 Å². The van der Waals surface area contributed by atoms with E-state index in [4.69, 9.17) is 5.11 Å². The molecule has 1 aromatic heterocycles. The lowest BCUT2D eigenvalue weighted by Crippen LogP contribution is -2.30. The first-order valence-electron chi connectivity index (χ1n) is 5.80. The molecule has 0 aliphatic rings. The van der Waals surface area contributed by atoms with Crippen LogP contribution in [-0.2, 0) is 6.42 Å². The van der Waals surface area contributed by atoms with Crippen LogP contribution >= 0.6 is 0 Å². The summed E-state index contributed by atoms with van der Waals surface area (Å²) in [5.74, 6) is -0.213. The van der Waals surface area contributed by atoms with Gasteiger partial charge in [0.25, 0.3) is 0 Å². The Morgan fingerprint density at radius 3 is 3.06 bits per heavy atom. The van der Waals surface area contributed by atoms with Gasteiger partial charge in [-0.3, -0.25) is 0 Å². The summed E-state index contributed by atoms with van der Waals surface area (Å²) in [5, 5.41) is 13.0. The van der Waals surface area contributed by atoms with E-state index >= 15 is 0 Å². The minimum absolute atomic E-state index is 0.0944. The molecule has 0 radical (unpaired) electrons. The van der Waals surface area contributed by atoms with Crippen molar-refractivity contribution in [2.45, 2.75) is 19.4 Å². The summed E-state index contributed by atoms with van der Waals surface area (Å²) in [7, 11) is 0. The van der Waals surface area contributed by atoms with Crippen molar-refractivity contribution in [3.8, 4) is 0 Å². The Kier molecular flexibility index (Phi) is 3.76. The third kappa shape index (κ3) is 2.84. The fourth-order valence-corrected chi connectivity index (χ4v) is 1.88. The quantitative estimate of drug-likeness (QED) is 0.741. The number of halogens is 1. The summed E-state index contributed by atoms with van der Waals surface area (Å²) >= 11 is 0. The molecule has 0 spiro atoms. The second-order valence-corrected chi connectivity index (χ2v) is 4.29. The standard InChI is InChI=1S/C13H17FN2O/c1-9(8-17)15-5-4-10-7-16-13-3-2-11(14)6-12(10)13/h2-3,6-7,9,15-17H,4-5,8H2,1H3/t9-/m0/s1. The maximum absolute atomic E-state index is 13.1. The number of aliphatic hydroxyl groups excluding tert-OH is 1. The molecule has 92 valence electrons. The Morgan fingerprint density at radius 1 is 1.47 bits per heavy atom. The average molecular weight is 236 g/mol. The number of fused-ring (bicyclic) bond motifs is 1. The zero-order valence-corrected chi connectivity index (χ0v) is 9.83. The highest BCUT2D eigenvalue weighted by molar-refractivity contribution is 5.83. The average Bonchev–Trinajstić information content (AvgIpc) is 2.72. The van der Waals surface area contributed by atoms with Gasteiger partial charge in [-0.2, -0.15) is 0 Å². The smallest absolute Gasteiger partial charge is 0.123 e. The first-order chi connectivity index (χ1) is 8.20. The fraction of sp³-hybridized carbons (Fsp3) is 0.385. The second kappa shape index (κ2) is 5.29. The maximum atomic E-state index is 13.1. The molecule has 1 atom stereocenters. The summed E-state index contributed by atoms with van der Waals surface area (Å²) in [4.78, 5) is 3.12. The molecule has 0 fully saturated rings. The third-order valence-corrected chi connectivity index (χ3v) is 2.89. The number of benzene rings is 1. The number of aromatic nitrogens is 1. The molecular formula is C13H17FN2O. The SMILES string of the molecule is C[C@@H](CO)NCCc1c[nH]c2ccc(F)cc12. The van der Waals surface area contributed by atoms with Crippen LogP contribution in [0, 0.1) is 5.82 Å². The molecule has 4 heteroatoms. The Balaban J connectivity index is 2.06. The van der Waals surface area contributed by atoms with Crippen molar-refractivity contribution in [2.75, 3.05) is 13.2 Å². The van der Waals surface area contributed by atoms with E-state index in [-0.39, 0.29) is 18.5 Å². The molecule has 3 N–H and O–H groups in total. The number of hydrogen-bond acceptors (Lipinski definition) is 2. The van der Waals surface area contributed by atoms with Crippen LogP contribution < -0.4 is 5.32 Å². The molecule has 2 rings (SSSR count). The lowest BCUT2D eigenvalue weighted by molar-refractivity contribution is 0.252. The maximum Gasteiger partial charge on any atom is 0.123 e. The molecule has 0 saturated heterocycles. The van der Waals surface area contributed by atoms with Crippen molar-refractivity contribution < 1.29 is 9.50 Å². The molecule has 0 saturated carbocycles. The van der Waals surface area contributed by atoms with Gasteiger partial charge in [-0.05, 0) is 43.7 Å². The topological polar surface area (TPSA) is 48.0 Å². The zero-order chi connectivity index (χ0) is 12.3. The van der Waals surface area contributed by atoms with E-state index in [1.54, 1.807) is 12.1 Å². The lowest BCUT2D eigenvalue weighted by Gasteiger charge is -2.09. The van der Waals surface area contributed by atoms with E-state index in [1.807, 2.05) is 13.1 Å². The Bertz CT molecular complexity index is 495. The fourth-order valence-electron chi connectivity index (χ4n) is 1.88. The summed E-state index contributed by atoms with van der Waals surface area (Å²) in [6, 6.07) is 4.85. The van der Waals surface area contributed by atoms with Crippen LogP contribution in [0.25, 0.3) is 10.9 Å². The number of H-pyrrole nitrogens is 1. The molecule has 0 bridgehead atoms. The van der Waals surface area contributed by atoms with Gasteiger partial charge in [0.15, 0.2) is 0 Å². The van der Waals surface area contributed by atoms with Crippen molar-refractivity contribution in [2.24, 2.45) is 0 Å². The van der Waals surface area contributed by atoms with Crippen LogP contribution in [0.15, 0.2) is 24.4 Å². The number of nitrogens with one attached hydrogen (secondary N) is 2. The lowest BCUT2D eigenvalue weighted by atomic mass is 10.1. The van der Waals surface area contributed by atoms with Crippen LogP contribution in [0.2, 0.25) is 0 Å². The molecule has 1 heterocycles. The van der Waals surface area contributed by atoms with Gasteiger partial charge in [0.2, 0.25) is 0 Å². The summed E-state index contributed by atoms with van der Waals surface area (Å²) in [5.41, 5.74) is 2.05. The monoisotopic (exact) mass is 236 g/mol. The molecule has 0 aliphatic heterocycles. The van der Waals surface area contributed by atoms with E-state index in [1.165, 1.54) is 6.07 Å². The third-order valence-electron chi connectivity index (χ3n) is 2.89. The van der Waals surface area contributed by atoms with Gasteiger partial charge in [0.1, 0.15) is 5.82 Å². The Morgan fingerprint density at radius 2 is 2.29 bits per heavy atom. The van der Waals surface area contributed by atoms with Gasteiger partial charge in [-0.25, -0.2) is 4.39 Å². The summed E-state index contributed by atoms with van der Waals surface area (Å²) in [6.45, 7) is 2.82. The van der Waals surface area contributed by atoms with E-state index in [0.717, 1.165) is 29.4 Å². The number of aromatic amines is 1. The van der Waals surface area contributed by atoms with Crippen molar-refractivity contribution >= 4 is 10.9 Å². The first kappa shape index (κ1) is 12.1. The number of hydrogen-bond donors (Lipinski definition) is 3. The largest absolute Gasteiger partial charge is 0.395 e. The highest BCUT2D eigenvalue weighted by Crippen LogP contribution is 2.19. The van der Waals surface area contributed by atoms with Gasteiger partial charge in [0, 0.05) is 23.1 Å². The Hall–Kier alpha value is -1.39. The molecule has 0 unspecified atom stereocenters. The molecule has 2 aromatic rings. The Labute approximate surface area is 99.7 Å². The predicted molar refractivity (Wildman–Crippen MR) is 66.5 cm³/mol. The molecule has 17 heavy (non-hydrogen) atoms. The molecule has 1 aromatic carbocycles. The molecule has 0 amide bonds. The van der Waals surface area contributed by atoms with Gasteiger partial charge < -0.3 is 15.4 Å². The van der Waals surface area contributed by atoms with Crippen LogP contribution in [-0.4, -0.2) is 29.3 Å². The van der Waals surface area contributed by atoms with Crippen molar-refractivity contribution in [3.05, 3.63) is 35.8 Å². The van der Waals surface area contributed by atoms with E-state index in [9.17, 15) is 4.39 Å². The summed E-state index contributed by atoms with van der Waals surface area (Å²) in [6.07, 6.45) is 2.73. The van der Waals surface area contributed by atoms with Crippen LogP contribution in [0.1, 0.15) is 12.5 Å². The molecule has 0 aliphatic carbocycles. The summed E-state index contributed by atoms with van der Waals surface area (Å²) < 4.78 is 13.1. The zero-order valence-electron chi connectivity index (χ0n) is 9.83. The van der Waals surface area contributed by atoms with Crippen molar-refractivity contribution in [3.63, 3.8) is 0 Å². The van der Waals surface area contributed by atoms with Gasteiger partial charge >= 0.3 is 0 Å². The van der Waals surface area contributed by atoms with Crippen LogP contribution in [0.3, 0.4) is 0 Å². The van der Waals surface area contributed by atoms with Crippen molar-refractivity contribution in [1.29, 1.82) is 0 Å². The number of aliphatic hydroxyl groups is 1. The van der Waals surface area contributed by atoms with Gasteiger partial charge in [-0.1, -0.05) is 0 Å². The van der Waals surface area contributed by atoms with Crippen molar-refractivity contribution in [1.82, 2.24) is 10.3 Å². The second-order valence-electron chi connectivity index (χ2n) is 4.29. The van der Waals surface area contributed by atoms with Gasteiger partial charge in [0.05, 0.1) is 6.61 Å². The van der Waals surface area contributed by atoms with Crippen LogP contribution in [0.5, 0.6) is 0 Å². The van der Waals surface area contributed by atoms with E-state index in [0.29, 0.717) is 0 Å². The normalized spacial score (nSPS) is 13.1. The number of rotatable bonds is 5. The van der Waals surface area contributed by atoms with E-state index < -0.39 is 0 Å². The first-order valence-corrected chi connectivity index (χ1v) is 5.80. The highest BCUT2D eigenvalue weighted by Gasteiger charge is 2.05. The van der Waals surface area contributed by atoms with Gasteiger partial charge in [-0.15, -0.1) is 0 Å². The highest BCUT2D eigenvalue weighted by atomic mass is 19.1. The molecular weight excluding hydrogens is 219 g/mol. The predicted octanol–water partition coefficient (Wildman–Crippen LogP) is 1.82.